The Balaban J connectivity index is 2.44. The molecule has 0 fully saturated rings. The van der Waals surface area contributed by atoms with E-state index in [-0.39, 0.29) is 0 Å². The predicted molar refractivity (Wildman–Crippen MR) is 58.1 cm³/mol. The van der Waals surface area contributed by atoms with Crippen LogP contribution in [-0.4, -0.2) is 15.9 Å². The van der Waals surface area contributed by atoms with Crippen LogP contribution in [0.3, 0.4) is 0 Å². The first-order valence-electron chi connectivity index (χ1n) is 4.60. The molecule has 0 atom stereocenters. The molecule has 3 nitrogen and oxygen atoms in total. The fraction of sp³-hybridized carbons (Fsp3) is 0. The van der Waals surface area contributed by atoms with Gasteiger partial charge in [-0.05, 0) is 12.1 Å². The zero-order chi connectivity index (χ0) is 10.5. The molecular formula is C12H10N2O. The zero-order valence-corrected chi connectivity index (χ0v) is 8.04. The normalized spacial score (nSPS) is 11.3. The average Bonchev–Trinajstić information content (AvgIpc) is 2.33. The minimum atomic E-state index is 0.483. The van der Waals surface area contributed by atoms with Crippen LogP contribution in [0.5, 0.6) is 0 Å². The lowest BCUT2D eigenvalue weighted by atomic mass is 10.1. The standard InChI is InChI=1S/C12H10N2O/c15-14-12(10-6-2-1-3-7-10)11-8-4-5-9-13-11/h1-9,15H/b14-12+. The van der Waals surface area contributed by atoms with E-state index in [2.05, 4.69) is 10.1 Å². The zero-order valence-electron chi connectivity index (χ0n) is 8.04. The molecule has 0 aliphatic carbocycles. The van der Waals surface area contributed by atoms with Gasteiger partial charge in [0.05, 0.1) is 5.69 Å². The molecular weight excluding hydrogens is 188 g/mol. The Morgan fingerprint density at radius 3 is 2.33 bits per heavy atom. The van der Waals surface area contributed by atoms with Crippen LogP contribution in [0.25, 0.3) is 0 Å². The summed E-state index contributed by atoms with van der Waals surface area (Å²) in [4.78, 5) is 4.14. The van der Waals surface area contributed by atoms with E-state index >= 15 is 0 Å². The van der Waals surface area contributed by atoms with Gasteiger partial charge < -0.3 is 5.21 Å². The first kappa shape index (κ1) is 9.40. The van der Waals surface area contributed by atoms with Gasteiger partial charge in [-0.2, -0.15) is 0 Å². The molecule has 1 N–H and O–H groups in total. The maximum absolute atomic E-state index is 8.98. The highest BCUT2D eigenvalue weighted by Crippen LogP contribution is 2.07. The van der Waals surface area contributed by atoms with E-state index in [1.165, 1.54) is 0 Å². The number of hydrogen-bond donors (Lipinski definition) is 1. The smallest absolute Gasteiger partial charge is 0.135 e. The van der Waals surface area contributed by atoms with E-state index in [9.17, 15) is 0 Å². The van der Waals surface area contributed by atoms with E-state index in [1.54, 1.807) is 6.20 Å². The van der Waals surface area contributed by atoms with Crippen LogP contribution < -0.4 is 0 Å². The van der Waals surface area contributed by atoms with Crippen LogP contribution in [-0.2, 0) is 0 Å². The molecule has 0 saturated carbocycles. The van der Waals surface area contributed by atoms with Gasteiger partial charge in [0.25, 0.3) is 0 Å². The molecule has 1 heterocycles. The van der Waals surface area contributed by atoms with Crippen LogP contribution in [0, 0.1) is 0 Å². The minimum absolute atomic E-state index is 0.483. The predicted octanol–water partition coefficient (Wildman–Crippen LogP) is 2.31. The number of hydrogen-bond acceptors (Lipinski definition) is 3. The maximum Gasteiger partial charge on any atom is 0.135 e. The van der Waals surface area contributed by atoms with Gasteiger partial charge in [0.15, 0.2) is 0 Å². The molecule has 1 aromatic carbocycles. The molecule has 0 radical (unpaired) electrons. The second kappa shape index (κ2) is 4.37. The molecule has 0 aliphatic heterocycles. The maximum atomic E-state index is 8.98. The summed E-state index contributed by atoms with van der Waals surface area (Å²) in [6.07, 6.45) is 1.67. The highest BCUT2D eigenvalue weighted by molar-refractivity contribution is 6.11. The van der Waals surface area contributed by atoms with Crippen molar-refractivity contribution < 1.29 is 5.21 Å². The van der Waals surface area contributed by atoms with E-state index in [4.69, 9.17) is 5.21 Å². The quantitative estimate of drug-likeness (QED) is 0.457. The Hall–Kier alpha value is -2.16. The summed E-state index contributed by atoms with van der Waals surface area (Å²) in [5.41, 5.74) is 1.99. The third-order valence-corrected chi connectivity index (χ3v) is 2.05. The third-order valence-electron chi connectivity index (χ3n) is 2.05. The lowest BCUT2D eigenvalue weighted by Gasteiger charge is -2.02. The van der Waals surface area contributed by atoms with Crippen LogP contribution in [0.4, 0.5) is 0 Å². The van der Waals surface area contributed by atoms with Crippen molar-refractivity contribution in [1.29, 1.82) is 0 Å². The Bertz CT molecular complexity index is 410. The van der Waals surface area contributed by atoms with E-state index in [1.807, 2.05) is 48.5 Å². The van der Waals surface area contributed by atoms with Crippen molar-refractivity contribution >= 4 is 5.71 Å². The lowest BCUT2D eigenvalue weighted by molar-refractivity contribution is 0.319. The van der Waals surface area contributed by atoms with Gasteiger partial charge in [-0.3, -0.25) is 4.98 Å². The molecule has 0 spiro atoms. The number of benzene rings is 1. The molecule has 1 aromatic heterocycles. The van der Waals surface area contributed by atoms with Crippen LogP contribution >= 0.6 is 0 Å². The molecule has 3 heteroatoms. The fourth-order valence-electron chi connectivity index (χ4n) is 1.36. The Morgan fingerprint density at radius 1 is 1.00 bits per heavy atom. The van der Waals surface area contributed by atoms with Gasteiger partial charge in [-0.15, -0.1) is 0 Å². The summed E-state index contributed by atoms with van der Waals surface area (Å²) in [7, 11) is 0. The number of pyridine rings is 1. The average molecular weight is 198 g/mol. The lowest BCUT2D eigenvalue weighted by Crippen LogP contribution is -2.04. The van der Waals surface area contributed by atoms with Gasteiger partial charge in [0, 0.05) is 11.8 Å². The molecule has 0 saturated heterocycles. The van der Waals surface area contributed by atoms with E-state index in [0.717, 1.165) is 5.56 Å². The summed E-state index contributed by atoms with van der Waals surface area (Å²) in [5, 5.41) is 12.3. The van der Waals surface area contributed by atoms with Crippen molar-refractivity contribution in [3.8, 4) is 0 Å². The molecule has 0 unspecified atom stereocenters. The van der Waals surface area contributed by atoms with Gasteiger partial charge in [0.2, 0.25) is 0 Å². The number of aromatic nitrogens is 1. The van der Waals surface area contributed by atoms with Crippen molar-refractivity contribution in [2.75, 3.05) is 0 Å². The second-order valence-electron chi connectivity index (χ2n) is 3.03. The van der Waals surface area contributed by atoms with Crippen molar-refractivity contribution in [2.45, 2.75) is 0 Å². The Kier molecular flexibility index (Phi) is 2.74. The monoisotopic (exact) mass is 198 g/mol. The largest absolute Gasteiger partial charge is 0.410 e. The number of nitrogens with zero attached hydrogens (tertiary/aromatic N) is 2. The van der Waals surface area contributed by atoms with E-state index < -0.39 is 0 Å². The molecule has 15 heavy (non-hydrogen) atoms. The van der Waals surface area contributed by atoms with Gasteiger partial charge in [0.1, 0.15) is 5.71 Å². The molecule has 0 bridgehead atoms. The second-order valence-corrected chi connectivity index (χ2v) is 3.03. The van der Waals surface area contributed by atoms with Crippen molar-refractivity contribution in [1.82, 2.24) is 4.98 Å². The summed E-state index contributed by atoms with van der Waals surface area (Å²) in [6, 6.07) is 14.9. The molecule has 2 aromatic rings. The van der Waals surface area contributed by atoms with Gasteiger partial charge in [-0.25, -0.2) is 0 Å². The van der Waals surface area contributed by atoms with Crippen molar-refractivity contribution in [2.24, 2.45) is 5.16 Å². The number of oxime groups is 1. The summed E-state index contributed by atoms with van der Waals surface area (Å²) >= 11 is 0. The molecule has 2 rings (SSSR count). The Labute approximate surface area is 87.7 Å². The molecule has 0 aliphatic rings. The first-order valence-corrected chi connectivity index (χ1v) is 4.60. The SMILES string of the molecule is O/N=C(\c1ccccc1)c1ccccn1. The first-order chi connectivity index (χ1) is 7.42. The van der Waals surface area contributed by atoms with Gasteiger partial charge in [-0.1, -0.05) is 41.6 Å². The highest BCUT2D eigenvalue weighted by Gasteiger charge is 2.07. The minimum Gasteiger partial charge on any atom is -0.410 e. The highest BCUT2D eigenvalue weighted by atomic mass is 16.4. The van der Waals surface area contributed by atoms with Crippen molar-refractivity contribution in [3.05, 3.63) is 66.0 Å². The van der Waals surface area contributed by atoms with Crippen molar-refractivity contribution in [3.63, 3.8) is 0 Å². The summed E-state index contributed by atoms with van der Waals surface area (Å²) < 4.78 is 0. The van der Waals surface area contributed by atoms with Crippen LogP contribution in [0.15, 0.2) is 59.9 Å². The fourth-order valence-corrected chi connectivity index (χ4v) is 1.36. The van der Waals surface area contributed by atoms with E-state index in [0.29, 0.717) is 11.4 Å². The molecule has 0 amide bonds. The summed E-state index contributed by atoms with van der Waals surface area (Å²) in [6.45, 7) is 0. The van der Waals surface area contributed by atoms with Gasteiger partial charge >= 0.3 is 0 Å². The number of rotatable bonds is 2. The van der Waals surface area contributed by atoms with Crippen LogP contribution in [0.1, 0.15) is 11.3 Å². The molecule has 74 valence electrons. The third kappa shape index (κ3) is 2.02. The van der Waals surface area contributed by atoms with Crippen LogP contribution in [0.2, 0.25) is 0 Å². The Morgan fingerprint density at radius 2 is 1.73 bits per heavy atom. The summed E-state index contributed by atoms with van der Waals surface area (Å²) in [5.74, 6) is 0. The topological polar surface area (TPSA) is 45.5 Å².